The third-order valence-electron chi connectivity index (χ3n) is 1.96. The zero-order valence-corrected chi connectivity index (χ0v) is 12.4. The second-order valence-corrected chi connectivity index (χ2v) is 5.81. The molecule has 0 aliphatic rings. The number of nitrogens with zero attached hydrogens (tertiary/aromatic N) is 2. The maximum atomic E-state index is 2.44. The highest BCUT2D eigenvalue weighted by Gasteiger charge is 2.11. The second kappa shape index (κ2) is 7.75. The van der Waals surface area contributed by atoms with E-state index in [-0.39, 0.29) is 0 Å². The van der Waals surface area contributed by atoms with E-state index < -0.39 is 0 Å². The molecule has 74 valence electrons. The lowest BCUT2D eigenvalue weighted by Crippen LogP contribution is -2.30. The summed E-state index contributed by atoms with van der Waals surface area (Å²) in [5.41, 5.74) is 0. The molecule has 0 saturated carbocycles. The molecule has 0 aromatic rings. The van der Waals surface area contributed by atoms with Crippen molar-refractivity contribution >= 4 is 45.7 Å². The maximum Gasteiger partial charge on any atom is 0.0220 e. The van der Waals surface area contributed by atoms with Crippen molar-refractivity contribution in [1.29, 1.82) is 0 Å². The van der Waals surface area contributed by atoms with E-state index in [2.05, 4.69) is 72.9 Å². The normalized spacial score (nSPS) is 12.0. The SMILES string of the molecule is CCC(CC)N(I)CCN(C)I. The van der Waals surface area contributed by atoms with Crippen LogP contribution in [0.1, 0.15) is 26.7 Å². The average Bonchev–Trinajstić information content (AvgIpc) is 2.03. The summed E-state index contributed by atoms with van der Waals surface area (Å²) in [7, 11) is 2.11. The zero-order chi connectivity index (χ0) is 9.56. The van der Waals surface area contributed by atoms with E-state index in [0.717, 1.165) is 19.1 Å². The van der Waals surface area contributed by atoms with Crippen LogP contribution in [0.2, 0.25) is 0 Å². The Hall–Kier alpha value is 1.38. The van der Waals surface area contributed by atoms with Crippen LogP contribution in [0.15, 0.2) is 0 Å². The van der Waals surface area contributed by atoms with Crippen molar-refractivity contribution in [2.75, 3.05) is 20.1 Å². The van der Waals surface area contributed by atoms with E-state index in [1.807, 2.05) is 0 Å². The molecule has 0 N–H and O–H groups in total. The van der Waals surface area contributed by atoms with Gasteiger partial charge in [0.25, 0.3) is 0 Å². The van der Waals surface area contributed by atoms with Crippen molar-refractivity contribution in [3.63, 3.8) is 0 Å². The first-order valence-electron chi connectivity index (χ1n) is 4.41. The molecule has 0 unspecified atom stereocenters. The van der Waals surface area contributed by atoms with Crippen molar-refractivity contribution in [2.24, 2.45) is 0 Å². The van der Waals surface area contributed by atoms with Gasteiger partial charge in [-0.2, -0.15) is 0 Å². The van der Waals surface area contributed by atoms with Crippen molar-refractivity contribution in [1.82, 2.24) is 6.23 Å². The number of halogens is 2. The molecule has 4 heteroatoms. The van der Waals surface area contributed by atoms with E-state index in [1.54, 1.807) is 0 Å². The fourth-order valence-electron chi connectivity index (χ4n) is 1.10. The summed E-state index contributed by atoms with van der Waals surface area (Å²) in [5.74, 6) is 0. The van der Waals surface area contributed by atoms with Crippen molar-refractivity contribution in [3.8, 4) is 0 Å². The van der Waals surface area contributed by atoms with Crippen LogP contribution in [-0.2, 0) is 0 Å². The molecule has 0 aliphatic carbocycles. The van der Waals surface area contributed by atoms with Crippen molar-refractivity contribution in [3.05, 3.63) is 0 Å². The first-order valence-corrected chi connectivity index (χ1v) is 6.34. The van der Waals surface area contributed by atoms with Crippen LogP contribution in [0, 0.1) is 0 Å². The van der Waals surface area contributed by atoms with Gasteiger partial charge in [0, 0.05) is 64.9 Å². The Kier molecular flexibility index (Phi) is 8.64. The van der Waals surface area contributed by atoms with Gasteiger partial charge in [-0.15, -0.1) is 0 Å². The van der Waals surface area contributed by atoms with Crippen LogP contribution in [0.3, 0.4) is 0 Å². The van der Waals surface area contributed by atoms with E-state index in [0.29, 0.717) is 0 Å². The van der Waals surface area contributed by atoms with Gasteiger partial charge in [0.1, 0.15) is 0 Å². The minimum atomic E-state index is 0.752. The lowest BCUT2D eigenvalue weighted by Gasteiger charge is -2.24. The largest absolute Gasteiger partial charge is 0.249 e. The molecule has 0 heterocycles. The summed E-state index contributed by atoms with van der Waals surface area (Å²) in [4.78, 5) is 0. The van der Waals surface area contributed by atoms with E-state index in [9.17, 15) is 0 Å². The van der Waals surface area contributed by atoms with Gasteiger partial charge in [-0.3, -0.25) is 0 Å². The Labute approximate surface area is 104 Å². The molecule has 0 aromatic heterocycles. The van der Waals surface area contributed by atoms with Crippen LogP contribution in [0.5, 0.6) is 0 Å². The molecular formula is C8H18I2N2. The molecule has 0 amide bonds. The van der Waals surface area contributed by atoms with Gasteiger partial charge in [0.15, 0.2) is 0 Å². The van der Waals surface area contributed by atoms with Crippen LogP contribution in [0.4, 0.5) is 0 Å². The Morgan fingerprint density at radius 1 is 1.08 bits per heavy atom. The van der Waals surface area contributed by atoms with Gasteiger partial charge in [-0.05, 0) is 19.9 Å². The maximum absolute atomic E-state index is 2.44. The highest BCUT2D eigenvalue weighted by molar-refractivity contribution is 14.1. The van der Waals surface area contributed by atoms with E-state index in [4.69, 9.17) is 0 Å². The van der Waals surface area contributed by atoms with E-state index >= 15 is 0 Å². The molecule has 0 fully saturated rings. The van der Waals surface area contributed by atoms with Crippen molar-refractivity contribution in [2.45, 2.75) is 32.7 Å². The number of hydrogen-bond donors (Lipinski definition) is 0. The lowest BCUT2D eigenvalue weighted by atomic mass is 10.2. The van der Waals surface area contributed by atoms with Gasteiger partial charge in [-0.25, -0.2) is 6.23 Å². The molecular weight excluding hydrogens is 378 g/mol. The molecule has 0 bridgehead atoms. The zero-order valence-electron chi connectivity index (χ0n) is 8.06. The summed E-state index contributed by atoms with van der Waals surface area (Å²) in [6.45, 7) is 6.81. The summed E-state index contributed by atoms with van der Waals surface area (Å²) in [6, 6.07) is 0.752. The van der Waals surface area contributed by atoms with Gasteiger partial charge >= 0.3 is 0 Å². The quantitative estimate of drug-likeness (QED) is 0.503. The number of likely N-dealkylation sites (N-methyl/N-ethyl adjacent to an activating group) is 1. The molecule has 0 rings (SSSR count). The molecule has 0 aromatic carbocycles. The summed E-state index contributed by atoms with van der Waals surface area (Å²) >= 11 is 4.77. The molecule has 0 saturated heterocycles. The first-order chi connectivity index (χ1) is 5.61. The lowest BCUT2D eigenvalue weighted by molar-refractivity contribution is 0.347. The average molecular weight is 396 g/mol. The predicted molar refractivity (Wildman–Crippen MR) is 71.7 cm³/mol. The van der Waals surface area contributed by atoms with Crippen LogP contribution in [0.25, 0.3) is 0 Å². The molecule has 0 spiro atoms. The second-order valence-electron chi connectivity index (χ2n) is 2.92. The standard InChI is InChI=1S/C8H18I2N2/c1-4-8(5-2)12(10)7-6-11(3)9/h8H,4-7H2,1-3H3. The predicted octanol–water partition coefficient (Wildman–Crippen LogP) is 3.11. The summed E-state index contributed by atoms with van der Waals surface area (Å²) in [5, 5.41) is 0. The van der Waals surface area contributed by atoms with Crippen LogP contribution >= 0.6 is 45.7 Å². The van der Waals surface area contributed by atoms with Gasteiger partial charge in [0.2, 0.25) is 0 Å². The van der Waals surface area contributed by atoms with Gasteiger partial charge in [-0.1, -0.05) is 13.8 Å². The monoisotopic (exact) mass is 396 g/mol. The van der Waals surface area contributed by atoms with Crippen molar-refractivity contribution < 1.29 is 0 Å². The molecule has 0 radical (unpaired) electrons. The molecule has 2 nitrogen and oxygen atoms in total. The number of hydrogen-bond acceptors (Lipinski definition) is 2. The molecule has 12 heavy (non-hydrogen) atoms. The summed E-state index contributed by atoms with van der Waals surface area (Å²) < 4.78 is 4.62. The first kappa shape index (κ1) is 13.4. The van der Waals surface area contributed by atoms with Gasteiger partial charge < -0.3 is 0 Å². The van der Waals surface area contributed by atoms with Crippen LogP contribution in [-0.4, -0.2) is 32.4 Å². The Morgan fingerprint density at radius 3 is 1.92 bits per heavy atom. The number of rotatable bonds is 6. The topological polar surface area (TPSA) is 6.48 Å². The van der Waals surface area contributed by atoms with Gasteiger partial charge in [0.05, 0.1) is 0 Å². The minimum Gasteiger partial charge on any atom is -0.249 e. The molecule has 0 atom stereocenters. The van der Waals surface area contributed by atoms with E-state index in [1.165, 1.54) is 12.8 Å². The summed E-state index contributed by atoms with van der Waals surface area (Å²) in [6.07, 6.45) is 2.51. The Bertz CT molecular complexity index is 105. The highest BCUT2D eigenvalue weighted by atomic mass is 127. The minimum absolute atomic E-state index is 0.752. The Balaban J connectivity index is 3.61. The molecule has 0 aliphatic heterocycles. The Morgan fingerprint density at radius 2 is 1.58 bits per heavy atom. The fraction of sp³-hybridized carbons (Fsp3) is 1.00. The fourth-order valence-corrected chi connectivity index (χ4v) is 2.32. The third kappa shape index (κ3) is 5.93. The smallest absolute Gasteiger partial charge is 0.0220 e. The third-order valence-corrected chi connectivity index (χ3v) is 3.71. The highest BCUT2D eigenvalue weighted by Crippen LogP contribution is 2.13. The van der Waals surface area contributed by atoms with Crippen LogP contribution < -0.4 is 0 Å².